The number of pyridine rings is 1. The molecule has 1 aromatic carbocycles. The second-order valence-electron chi connectivity index (χ2n) is 19.2. The molecule has 1 aromatic heterocycles. The van der Waals surface area contributed by atoms with Crippen LogP contribution in [0.5, 0.6) is 11.5 Å². The van der Waals surface area contributed by atoms with Crippen molar-refractivity contribution >= 4 is 44.7 Å². The summed E-state index contributed by atoms with van der Waals surface area (Å²) in [4.78, 5) is 63.7. The van der Waals surface area contributed by atoms with Crippen molar-refractivity contribution in [1.82, 2.24) is 25.2 Å². The van der Waals surface area contributed by atoms with E-state index in [0.717, 1.165) is 35.7 Å². The summed E-state index contributed by atoms with van der Waals surface area (Å²) in [6, 6.07) is 3.69. The molecule has 4 heterocycles. The van der Waals surface area contributed by atoms with Gasteiger partial charge in [0.15, 0.2) is 0 Å². The van der Waals surface area contributed by atoms with Crippen LogP contribution in [0.2, 0.25) is 0 Å². The molecule has 2 aromatic rings. The van der Waals surface area contributed by atoms with Gasteiger partial charge in [-0.2, -0.15) is 0 Å². The van der Waals surface area contributed by atoms with Gasteiger partial charge < -0.3 is 34.5 Å². The second-order valence-corrected chi connectivity index (χ2v) is 21.4. The van der Waals surface area contributed by atoms with Crippen LogP contribution in [0.25, 0.3) is 10.9 Å². The van der Waals surface area contributed by atoms with E-state index in [1.54, 1.807) is 14.0 Å². The highest BCUT2D eigenvalue weighted by molar-refractivity contribution is 7.91. The monoisotopic (exact) mass is 865 g/mol. The van der Waals surface area contributed by atoms with Gasteiger partial charge in [-0.15, -0.1) is 0 Å². The summed E-state index contributed by atoms with van der Waals surface area (Å²) in [6.07, 6.45) is 9.94. The Bertz CT molecular complexity index is 2170. The SMILES string of the molecule is COCCCOc1ccc2nc(C)c3c(c2c1)CCC1(CC2C(=O)NC4(C(=O)NS(=O)(=O)C5(C)CC5)CCC4C=CCCCCCC(NC(=O)OCC(C)(C)C)C(=O)N2C1)O3. The molecule has 1 spiro atoms. The van der Waals surface area contributed by atoms with Gasteiger partial charge >= 0.3 is 6.09 Å². The number of hydrogen-bond donors (Lipinski definition) is 3. The van der Waals surface area contributed by atoms with E-state index in [9.17, 15) is 27.6 Å². The van der Waals surface area contributed by atoms with Crippen molar-refractivity contribution in [2.45, 2.75) is 146 Å². The Kier molecular flexibility index (Phi) is 12.7. The van der Waals surface area contributed by atoms with Gasteiger partial charge in [-0.3, -0.25) is 19.1 Å². The average molecular weight is 866 g/mol. The molecule has 2 aliphatic carbocycles. The minimum atomic E-state index is -4.02. The molecule has 3 N–H and O–H groups in total. The summed E-state index contributed by atoms with van der Waals surface area (Å²) < 4.78 is 51.8. The fraction of sp³-hybridized carbons (Fsp3) is 0.667. The molecule has 16 heteroatoms. The van der Waals surface area contributed by atoms with Crippen LogP contribution >= 0.6 is 0 Å². The van der Waals surface area contributed by atoms with Crippen LogP contribution in [0.4, 0.5) is 4.79 Å². The number of carbonyl (C=O) groups is 4. The molecule has 4 amide bonds. The molecule has 0 radical (unpaired) electrons. The van der Waals surface area contributed by atoms with E-state index in [1.807, 2.05) is 58.0 Å². The Hall–Kier alpha value is -4.44. The third-order valence-electron chi connectivity index (χ3n) is 13.1. The molecular formula is C45H63N5O10S. The Morgan fingerprint density at radius 2 is 1.85 bits per heavy atom. The summed E-state index contributed by atoms with van der Waals surface area (Å²) in [5.74, 6) is -0.982. The predicted octanol–water partition coefficient (Wildman–Crippen LogP) is 5.55. The topological polar surface area (TPSA) is 192 Å². The molecule has 5 atom stereocenters. The molecule has 334 valence electrons. The number of allylic oxidation sites excluding steroid dienone is 1. The summed E-state index contributed by atoms with van der Waals surface area (Å²) in [7, 11) is -2.36. The third kappa shape index (κ3) is 9.50. The maximum Gasteiger partial charge on any atom is 0.407 e. The number of rotatable bonds is 10. The zero-order valence-corrected chi connectivity index (χ0v) is 37.3. The van der Waals surface area contributed by atoms with Crippen molar-refractivity contribution in [1.29, 1.82) is 0 Å². The van der Waals surface area contributed by atoms with E-state index in [4.69, 9.17) is 23.9 Å². The van der Waals surface area contributed by atoms with Gasteiger partial charge in [-0.25, -0.2) is 18.2 Å². The lowest BCUT2D eigenvalue weighted by Crippen LogP contribution is -2.70. The minimum absolute atomic E-state index is 0.0357. The van der Waals surface area contributed by atoms with Crippen LogP contribution in [0.15, 0.2) is 30.4 Å². The van der Waals surface area contributed by atoms with Gasteiger partial charge in [0.25, 0.3) is 5.91 Å². The second kappa shape index (κ2) is 17.4. The van der Waals surface area contributed by atoms with Crippen molar-refractivity contribution in [2.24, 2.45) is 11.3 Å². The van der Waals surface area contributed by atoms with Crippen LogP contribution in [0.3, 0.4) is 0 Å². The maximum atomic E-state index is 14.9. The van der Waals surface area contributed by atoms with Gasteiger partial charge in [0, 0.05) is 43.4 Å². The first-order valence-corrected chi connectivity index (χ1v) is 23.4. The van der Waals surface area contributed by atoms with E-state index < -0.39 is 67.7 Å². The lowest BCUT2D eigenvalue weighted by Gasteiger charge is -2.48. The average Bonchev–Trinajstić information content (AvgIpc) is 3.87. The summed E-state index contributed by atoms with van der Waals surface area (Å²) in [6.45, 7) is 10.6. The molecular weight excluding hydrogens is 803 g/mol. The number of aromatic nitrogens is 1. The molecule has 5 unspecified atom stereocenters. The lowest BCUT2D eigenvalue weighted by molar-refractivity contribution is -0.144. The molecule has 0 bridgehead atoms. The number of carbonyl (C=O) groups excluding carboxylic acids is 4. The molecule has 1 saturated heterocycles. The minimum Gasteiger partial charge on any atom is -0.493 e. The smallest absolute Gasteiger partial charge is 0.407 e. The summed E-state index contributed by atoms with van der Waals surface area (Å²) >= 11 is 0. The van der Waals surface area contributed by atoms with Crippen LogP contribution < -0.4 is 24.8 Å². The first kappa shape index (κ1) is 44.6. The number of nitrogens with one attached hydrogen (secondary N) is 3. The zero-order valence-electron chi connectivity index (χ0n) is 36.5. The largest absolute Gasteiger partial charge is 0.493 e. The first-order valence-electron chi connectivity index (χ1n) is 21.9. The standard InChI is InChI=1S/C45H63N5O10S/c1-29-37-32(33-25-31(15-16-34(33)46-29)58-24-12-23-57-6)18-19-44(60-37)26-36-38(51)48-45(40(53)49-61(55,56)43(5)21-22-43)20-17-30(45)13-10-8-7-9-11-14-35(39(52)50(36)27-44)47-41(54)59-28-42(2,3)4/h10,13,15-16,25,30,35-36H,7-9,11-12,14,17-24,26-28H2,1-6H3,(H,47,54)(H,48,51)(H,49,53). The van der Waals surface area contributed by atoms with E-state index >= 15 is 0 Å². The number of aryl methyl sites for hydroxylation is 2. The lowest BCUT2D eigenvalue weighted by atomic mass is 9.65. The van der Waals surface area contributed by atoms with E-state index in [1.165, 1.54) is 4.90 Å². The Morgan fingerprint density at radius 3 is 2.56 bits per heavy atom. The number of benzene rings is 1. The molecule has 5 aliphatic rings. The number of ether oxygens (including phenoxy) is 4. The molecule has 15 nitrogen and oxygen atoms in total. The van der Waals surface area contributed by atoms with Gasteiger partial charge in [-0.05, 0) is 95.2 Å². The van der Waals surface area contributed by atoms with Gasteiger partial charge in [-0.1, -0.05) is 45.8 Å². The van der Waals surface area contributed by atoms with Crippen molar-refractivity contribution in [2.75, 3.05) is 33.5 Å². The quantitative estimate of drug-likeness (QED) is 0.201. The number of amides is 4. The Morgan fingerprint density at radius 1 is 1.07 bits per heavy atom. The van der Waals surface area contributed by atoms with Crippen LogP contribution in [0, 0.1) is 18.3 Å². The highest BCUT2D eigenvalue weighted by Gasteiger charge is 2.59. The van der Waals surface area contributed by atoms with Crippen LogP contribution in [0.1, 0.15) is 116 Å². The van der Waals surface area contributed by atoms with Gasteiger partial charge in [0.2, 0.25) is 21.8 Å². The van der Waals surface area contributed by atoms with E-state index in [-0.39, 0.29) is 31.4 Å². The molecule has 3 fully saturated rings. The number of alkyl carbamates (subject to hydrolysis) is 1. The number of hydrogen-bond acceptors (Lipinski definition) is 11. The van der Waals surface area contributed by atoms with Crippen molar-refractivity contribution in [3.63, 3.8) is 0 Å². The summed E-state index contributed by atoms with van der Waals surface area (Å²) in [5, 5.41) is 6.74. The zero-order chi connectivity index (χ0) is 43.8. The molecule has 7 rings (SSSR count). The van der Waals surface area contributed by atoms with Crippen LogP contribution in [-0.2, 0) is 40.3 Å². The Balaban J connectivity index is 1.22. The highest BCUT2D eigenvalue weighted by Crippen LogP contribution is 2.47. The van der Waals surface area contributed by atoms with E-state index in [0.29, 0.717) is 81.8 Å². The normalized spacial score (nSPS) is 27.6. The maximum absolute atomic E-state index is 14.9. The number of fused-ring (bicyclic) bond motifs is 5. The van der Waals surface area contributed by atoms with Gasteiger partial charge in [0.1, 0.15) is 34.7 Å². The van der Waals surface area contributed by atoms with Crippen LogP contribution in [-0.4, -0.2) is 104 Å². The molecule has 61 heavy (non-hydrogen) atoms. The van der Waals surface area contributed by atoms with Crippen molar-refractivity contribution in [3.05, 3.63) is 41.6 Å². The predicted molar refractivity (Wildman–Crippen MR) is 229 cm³/mol. The fourth-order valence-electron chi connectivity index (χ4n) is 8.99. The van der Waals surface area contributed by atoms with Crippen molar-refractivity contribution in [3.8, 4) is 11.5 Å². The van der Waals surface area contributed by atoms with Crippen molar-refractivity contribution < 1.29 is 46.5 Å². The Labute approximate surface area is 359 Å². The molecule has 3 aliphatic heterocycles. The third-order valence-corrected chi connectivity index (χ3v) is 15.3. The highest BCUT2D eigenvalue weighted by atomic mass is 32.2. The first-order chi connectivity index (χ1) is 28.9. The van der Waals surface area contributed by atoms with Gasteiger partial charge in [0.05, 0.1) is 35.7 Å². The number of sulfonamides is 1. The van der Waals surface area contributed by atoms with E-state index in [2.05, 4.69) is 15.4 Å². The summed E-state index contributed by atoms with van der Waals surface area (Å²) in [5.41, 5.74) is -0.437. The number of methoxy groups -OCH3 is 1. The molecule has 2 saturated carbocycles. The fourth-order valence-corrected chi connectivity index (χ4v) is 10.3. The number of nitrogens with zero attached hydrogens (tertiary/aromatic N) is 2.